The third-order valence-corrected chi connectivity index (χ3v) is 7.34. The summed E-state index contributed by atoms with van der Waals surface area (Å²) in [6, 6.07) is 0. The normalized spacial score (nSPS) is 39.8. The topological polar surface area (TPSA) is 0 Å². The number of hydrogen-bond acceptors (Lipinski definition) is 0. The summed E-state index contributed by atoms with van der Waals surface area (Å²) in [5.74, 6) is 3.29. The molecule has 0 N–H and O–H groups in total. The molecule has 3 fully saturated rings. The molecule has 0 bridgehead atoms. The Morgan fingerprint density at radius 2 is 1.65 bits per heavy atom. The summed E-state index contributed by atoms with van der Waals surface area (Å²) in [5.41, 5.74) is 3.41. The molecular formula is C25H43F. The van der Waals surface area contributed by atoms with E-state index in [1.165, 1.54) is 43.3 Å². The van der Waals surface area contributed by atoms with Crippen LogP contribution >= 0.6 is 0 Å². The van der Waals surface area contributed by atoms with Gasteiger partial charge in [0.2, 0.25) is 0 Å². The molecule has 6 unspecified atom stereocenters. The quantitative estimate of drug-likeness (QED) is 0.380. The van der Waals surface area contributed by atoms with Crippen molar-refractivity contribution in [3.05, 3.63) is 37.0 Å². The van der Waals surface area contributed by atoms with E-state index in [9.17, 15) is 4.39 Å². The average molecular weight is 363 g/mol. The van der Waals surface area contributed by atoms with Crippen molar-refractivity contribution in [2.45, 2.75) is 92.2 Å². The molecule has 0 spiro atoms. The standard InChI is InChI=1S/C19H27F.2C2H6.C2H4/c1-12-3-8-18-17-6-4-13-11-14(20)5-7-15(13)16(17)9-10-19(12,18)2;3*1-2/h4,14-18H,1,3,5-11H2,2H3;2*1-2H3;1-2H2. The largest absolute Gasteiger partial charge is 0.247 e. The van der Waals surface area contributed by atoms with Crippen molar-refractivity contribution in [1.29, 1.82) is 0 Å². The molecule has 4 aliphatic carbocycles. The number of halogens is 1. The van der Waals surface area contributed by atoms with Gasteiger partial charge in [0, 0.05) is 0 Å². The van der Waals surface area contributed by atoms with Crippen molar-refractivity contribution >= 4 is 0 Å². The monoisotopic (exact) mass is 362 g/mol. The van der Waals surface area contributed by atoms with Gasteiger partial charge in [-0.3, -0.25) is 0 Å². The molecule has 3 saturated carbocycles. The molecule has 4 aliphatic rings. The molecule has 0 saturated heterocycles. The molecular weight excluding hydrogens is 319 g/mol. The van der Waals surface area contributed by atoms with Crippen LogP contribution in [-0.4, -0.2) is 6.17 Å². The Bertz CT molecular complexity index is 477. The first kappa shape index (κ1) is 23.2. The number of alkyl halides is 1. The second kappa shape index (κ2) is 10.5. The van der Waals surface area contributed by atoms with Crippen LogP contribution in [0.5, 0.6) is 0 Å². The van der Waals surface area contributed by atoms with Crippen molar-refractivity contribution in [1.82, 2.24) is 0 Å². The summed E-state index contributed by atoms with van der Waals surface area (Å²) in [5, 5.41) is 0. The van der Waals surface area contributed by atoms with Gasteiger partial charge in [0.25, 0.3) is 0 Å². The van der Waals surface area contributed by atoms with E-state index in [0.717, 1.165) is 42.9 Å². The van der Waals surface area contributed by atoms with Crippen LogP contribution in [0.3, 0.4) is 0 Å². The predicted octanol–water partition coefficient (Wildman–Crippen LogP) is 8.31. The lowest BCUT2D eigenvalue weighted by atomic mass is 9.52. The minimum Gasteiger partial charge on any atom is -0.247 e. The van der Waals surface area contributed by atoms with Crippen LogP contribution in [0.15, 0.2) is 37.0 Å². The van der Waals surface area contributed by atoms with E-state index in [-0.39, 0.29) is 0 Å². The van der Waals surface area contributed by atoms with E-state index in [1.54, 1.807) is 0 Å². The van der Waals surface area contributed by atoms with Gasteiger partial charge in [-0.25, -0.2) is 4.39 Å². The first-order valence-corrected chi connectivity index (χ1v) is 11.1. The Morgan fingerprint density at radius 1 is 1.00 bits per heavy atom. The van der Waals surface area contributed by atoms with Crippen LogP contribution in [0.25, 0.3) is 0 Å². The number of hydrogen-bond donors (Lipinski definition) is 0. The molecule has 0 nitrogen and oxygen atoms in total. The van der Waals surface area contributed by atoms with Crippen LogP contribution < -0.4 is 0 Å². The summed E-state index contributed by atoms with van der Waals surface area (Å²) in [7, 11) is 0. The zero-order valence-electron chi connectivity index (χ0n) is 18.1. The summed E-state index contributed by atoms with van der Waals surface area (Å²) < 4.78 is 13.7. The van der Waals surface area contributed by atoms with Gasteiger partial charge in [0.15, 0.2) is 0 Å². The summed E-state index contributed by atoms with van der Waals surface area (Å²) in [6.45, 7) is 20.8. The first-order valence-electron chi connectivity index (χ1n) is 11.1. The second-order valence-electron chi connectivity index (χ2n) is 8.03. The highest BCUT2D eigenvalue weighted by Gasteiger charge is 2.53. The maximum Gasteiger partial charge on any atom is 0.104 e. The summed E-state index contributed by atoms with van der Waals surface area (Å²) in [6.07, 6.45) is 11.0. The van der Waals surface area contributed by atoms with Crippen LogP contribution in [-0.2, 0) is 0 Å². The second-order valence-corrected chi connectivity index (χ2v) is 8.03. The third kappa shape index (κ3) is 4.18. The third-order valence-electron chi connectivity index (χ3n) is 7.34. The highest BCUT2D eigenvalue weighted by atomic mass is 19.1. The Kier molecular flexibility index (Phi) is 9.34. The minimum atomic E-state index is -0.561. The molecule has 26 heavy (non-hydrogen) atoms. The molecule has 0 aromatic rings. The van der Waals surface area contributed by atoms with Gasteiger partial charge in [-0.05, 0) is 80.5 Å². The molecule has 6 atom stereocenters. The van der Waals surface area contributed by atoms with Crippen molar-refractivity contribution in [2.75, 3.05) is 0 Å². The molecule has 0 heterocycles. The van der Waals surface area contributed by atoms with Crippen LogP contribution in [0.4, 0.5) is 4.39 Å². The van der Waals surface area contributed by atoms with Gasteiger partial charge in [-0.2, -0.15) is 0 Å². The van der Waals surface area contributed by atoms with E-state index in [4.69, 9.17) is 0 Å². The Balaban J connectivity index is 0.000000515. The highest BCUT2D eigenvalue weighted by Crippen LogP contribution is 2.62. The minimum absolute atomic E-state index is 0.420. The number of allylic oxidation sites excluding steroid dienone is 3. The van der Waals surface area contributed by atoms with E-state index in [0.29, 0.717) is 5.41 Å². The van der Waals surface area contributed by atoms with Crippen LogP contribution in [0, 0.1) is 29.1 Å². The smallest absolute Gasteiger partial charge is 0.104 e. The zero-order valence-corrected chi connectivity index (χ0v) is 18.1. The van der Waals surface area contributed by atoms with E-state index in [1.807, 2.05) is 27.7 Å². The van der Waals surface area contributed by atoms with Crippen molar-refractivity contribution in [3.63, 3.8) is 0 Å². The summed E-state index contributed by atoms with van der Waals surface area (Å²) >= 11 is 0. The van der Waals surface area contributed by atoms with Gasteiger partial charge in [-0.1, -0.05) is 58.4 Å². The highest BCUT2D eigenvalue weighted by molar-refractivity contribution is 5.25. The fourth-order valence-corrected chi connectivity index (χ4v) is 6.13. The Labute approximate surface area is 163 Å². The van der Waals surface area contributed by atoms with Gasteiger partial charge < -0.3 is 0 Å². The van der Waals surface area contributed by atoms with Crippen molar-refractivity contribution in [3.8, 4) is 0 Å². The van der Waals surface area contributed by atoms with E-state index < -0.39 is 6.17 Å². The fraction of sp³-hybridized carbons (Fsp3) is 0.760. The molecule has 0 aliphatic heterocycles. The Hall–Kier alpha value is -0.850. The van der Waals surface area contributed by atoms with Crippen LogP contribution in [0.2, 0.25) is 0 Å². The lowest BCUT2D eigenvalue weighted by Gasteiger charge is -2.52. The molecule has 0 radical (unpaired) electrons. The SMILES string of the molecule is C=C.C=C1CCC2C3CC=C4CC(F)CCC4C3CCC12C.CC.CC. The number of fused-ring (bicyclic) bond motifs is 5. The lowest BCUT2D eigenvalue weighted by Crippen LogP contribution is -2.44. The Morgan fingerprint density at radius 3 is 2.31 bits per heavy atom. The molecule has 0 aromatic carbocycles. The van der Waals surface area contributed by atoms with Gasteiger partial charge in [0.1, 0.15) is 6.17 Å². The lowest BCUT2D eigenvalue weighted by molar-refractivity contribution is 0.0207. The van der Waals surface area contributed by atoms with Crippen LogP contribution in [0.1, 0.15) is 86.0 Å². The zero-order chi connectivity index (χ0) is 19.9. The fourth-order valence-electron chi connectivity index (χ4n) is 6.13. The van der Waals surface area contributed by atoms with E-state index >= 15 is 0 Å². The predicted molar refractivity (Wildman–Crippen MR) is 115 cm³/mol. The van der Waals surface area contributed by atoms with Gasteiger partial charge in [-0.15, -0.1) is 13.2 Å². The molecule has 0 amide bonds. The van der Waals surface area contributed by atoms with Gasteiger partial charge in [0.05, 0.1) is 0 Å². The maximum absolute atomic E-state index is 13.7. The number of rotatable bonds is 0. The van der Waals surface area contributed by atoms with E-state index in [2.05, 4.69) is 32.7 Å². The summed E-state index contributed by atoms with van der Waals surface area (Å²) in [4.78, 5) is 0. The molecule has 1 heteroatoms. The first-order chi connectivity index (χ1) is 12.6. The molecule has 4 rings (SSSR count). The van der Waals surface area contributed by atoms with Crippen molar-refractivity contribution < 1.29 is 4.39 Å². The maximum atomic E-state index is 13.7. The molecule has 150 valence electrons. The average Bonchev–Trinajstić information content (AvgIpc) is 3.01. The van der Waals surface area contributed by atoms with Crippen molar-refractivity contribution in [2.24, 2.45) is 29.1 Å². The molecule has 0 aromatic heterocycles. The van der Waals surface area contributed by atoms with Gasteiger partial charge >= 0.3 is 0 Å².